The number of para-hydroxylation sites is 1. The van der Waals surface area contributed by atoms with Gasteiger partial charge in [0.25, 0.3) is 11.6 Å². The number of aromatic amines is 1. The lowest BCUT2D eigenvalue weighted by Crippen LogP contribution is -2.20. The van der Waals surface area contributed by atoms with E-state index in [0.29, 0.717) is 22.5 Å². The van der Waals surface area contributed by atoms with Crippen molar-refractivity contribution in [1.29, 1.82) is 0 Å². The van der Waals surface area contributed by atoms with Crippen molar-refractivity contribution >= 4 is 17.0 Å². The Labute approximate surface area is 152 Å². The molecule has 0 atom stereocenters. The van der Waals surface area contributed by atoms with Gasteiger partial charge in [0.05, 0.1) is 23.0 Å². The van der Waals surface area contributed by atoms with Crippen LogP contribution in [0.3, 0.4) is 0 Å². The number of benzene rings is 2. The van der Waals surface area contributed by atoms with Crippen LogP contribution in [-0.4, -0.2) is 30.8 Å². The van der Waals surface area contributed by atoms with Crippen molar-refractivity contribution < 1.29 is 14.6 Å². The van der Waals surface area contributed by atoms with E-state index in [9.17, 15) is 14.7 Å². The Balaban J connectivity index is 1.73. The number of nitrogens with zero attached hydrogens (tertiary/aromatic N) is 3. The first-order valence-corrected chi connectivity index (χ1v) is 8.08. The fourth-order valence-corrected chi connectivity index (χ4v) is 2.70. The highest BCUT2D eigenvalue weighted by molar-refractivity contribution is 5.89. The van der Waals surface area contributed by atoms with Gasteiger partial charge < -0.3 is 14.8 Å². The number of carboxylic acid groups (broad SMARTS) is 1. The van der Waals surface area contributed by atoms with E-state index in [1.807, 2.05) is 18.2 Å². The maximum absolute atomic E-state index is 12.7. The highest BCUT2D eigenvalue weighted by atomic mass is 16.5. The molecule has 8 nitrogen and oxygen atoms in total. The molecule has 0 spiro atoms. The van der Waals surface area contributed by atoms with Crippen LogP contribution < -0.4 is 10.3 Å². The molecule has 2 N–H and O–H groups in total. The first-order chi connectivity index (χ1) is 13.0. The smallest absolute Gasteiger partial charge is 0.336 e. The Hall–Kier alpha value is -3.94. The number of aryl methyl sites for hydroxylation is 1. The lowest BCUT2D eigenvalue weighted by Gasteiger charge is -2.05. The average molecular weight is 362 g/mol. The minimum Gasteiger partial charge on any atom is -0.478 e. The normalized spacial score (nSPS) is 10.9. The summed E-state index contributed by atoms with van der Waals surface area (Å²) in [5.41, 5.74) is 1.59. The lowest BCUT2D eigenvalue weighted by molar-refractivity contribution is 0.0695. The third-order valence-corrected chi connectivity index (χ3v) is 4.06. The molecule has 0 aliphatic heterocycles. The molecule has 0 amide bonds. The standard InChI is InChI=1S/C19H14N4O4/c1-11-7-8-13(9-14(11)18(25)26)27-19-21-15-10-20-23(17(24)16(15)22-19)12-5-3-2-4-6-12/h2-10H,1H3,(H,21,22)(H,25,26). The Morgan fingerprint density at radius 3 is 2.70 bits per heavy atom. The molecule has 0 saturated carbocycles. The zero-order valence-corrected chi connectivity index (χ0v) is 14.2. The summed E-state index contributed by atoms with van der Waals surface area (Å²) in [6, 6.07) is 13.8. The van der Waals surface area contributed by atoms with Crippen molar-refractivity contribution in [3.63, 3.8) is 0 Å². The van der Waals surface area contributed by atoms with E-state index in [4.69, 9.17) is 4.74 Å². The van der Waals surface area contributed by atoms with Crippen molar-refractivity contribution in [2.24, 2.45) is 0 Å². The van der Waals surface area contributed by atoms with E-state index in [1.54, 1.807) is 31.2 Å². The van der Waals surface area contributed by atoms with E-state index in [-0.39, 0.29) is 22.6 Å². The topological polar surface area (TPSA) is 110 Å². The van der Waals surface area contributed by atoms with Gasteiger partial charge >= 0.3 is 5.97 Å². The zero-order valence-electron chi connectivity index (χ0n) is 14.2. The third kappa shape index (κ3) is 3.04. The monoisotopic (exact) mass is 362 g/mol. The first kappa shape index (κ1) is 16.5. The molecule has 4 rings (SSSR count). The molecular weight excluding hydrogens is 348 g/mol. The predicted octanol–water partition coefficient (Wildman–Crippen LogP) is 2.91. The van der Waals surface area contributed by atoms with E-state index in [1.165, 1.54) is 16.9 Å². The van der Waals surface area contributed by atoms with Crippen LogP contribution in [0.2, 0.25) is 0 Å². The van der Waals surface area contributed by atoms with Gasteiger partial charge in [-0.1, -0.05) is 24.3 Å². The quantitative estimate of drug-likeness (QED) is 0.578. The molecule has 0 radical (unpaired) electrons. The van der Waals surface area contributed by atoms with Gasteiger partial charge in [-0.05, 0) is 36.8 Å². The van der Waals surface area contributed by atoms with E-state index in [2.05, 4.69) is 15.1 Å². The van der Waals surface area contributed by atoms with Crippen LogP contribution in [0.25, 0.3) is 16.7 Å². The number of fused-ring (bicyclic) bond motifs is 1. The van der Waals surface area contributed by atoms with Crippen molar-refractivity contribution in [2.45, 2.75) is 6.92 Å². The van der Waals surface area contributed by atoms with Crippen LogP contribution in [-0.2, 0) is 0 Å². The fraction of sp³-hybridized carbons (Fsp3) is 0.0526. The lowest BCUT2D eigenvalue weighted by atomic mass is 10.1. The maximum atomic E-state index is 12.7. The number of rotatable bonds is 4. The molecule has 2 aromatic carbocycles. The van der Waals surface area contributed by atoms with Gasteiger partial charge in [-0.25, -0.2) is 4.79 Å². The molecule has 0 saturated heterocycles. The van der Waals surface area contributed by atoms with Gasteiger partial charge in [0, 0.05) is 0 Å². The van der Waals surface area contributed by atoms with Crippen LogP contribution in [0.4, 0.5) is 0 Å². The van der Waals surface area contributed by atoms with Gasteiger partial charge in [-0.3, -0.25) is 4.79 Å². The molecule has 2 heterocycles. The van der Waals surface area contributed by atoms with Crippen molar-refractivity contribution in [1.82, 2.24) is 19.7 Å². The molecule has 2 aromatic heterocycles. The largest absolute Gasteiger partial charge is 0.478 e. The van der Waals surface area contributed by atoms with Crippen molar-refractivity contribution in [3.8, 4) is 17.4 Å². The van der Waals surface area contributed by atoms with Crippen LogP contribution in [0.15, 0.2) is 59.5 Å². The van der Waals surface area contributed by atoms with Crippen LogP contribution >= 0.6 is 0 Å². The summed E-state index contributed by atoms with van der Waals surface area (Å²) in [6.07, 6.45) is 1.49. The number of carboxylic acids is 1. The summed E-state index contributed by atoms with van der Waals surface area (Å²) in [5, 5.41) is 13.4. The summed E-state index contributed by atoms with van der Waals surface area (Å²) in [5.74, 6) is -0.745. The second-order valence-electron chi connectivity index (χ2n) is 5.89. The molecule has 0 unspecified atom stereocenters. The molecule has 134 valence electrons. The van der Waals surface area contributed by atoms with E-state index in [0.717, 1.165) is 0 Å². The Morgan fingerprint density at radius 1 is 1.19 bits per heavy atom. The van der Waals surface area contributed by atoms with Gasteiger partial charge in [0.1, 0.15) is 5.75 Å². The van der Waals surface area contributed by atoms with Crippen molar-refractivity contribution in [3.05, 3.63) is 76.2 Å². The Bertz CT molecular complexity index is 1210. The summed E-state index contributed by atoms with van der Waals surface area (Å²) in [6.45, 7) is 1.70. The first-order valence-electron chi connectivity index (χ1n) is 8.08. The molecule has 4 aromatic rings. The molecule has 8 heteroatoms. The SMILES string of the molecule is Cc1ccc(Oc2nc3c(=O)n(-c4ccccc4)ncc3[nH]2)cc1C(=O)O. The summed E-state index contributed by atoms with van der Waals surface area (Å²) in [4.78, 5) is 31.0. The number of imidazole rings is 1. The molecular formula is C19H14N4O4. The van der Waals surface area contributed by atoms with Gasteiger partial charge in [0.15, 0.2) is 5.52 Å². The highest BCUT2D eigenvalue weighted by Gasteiger charge is 2.14. The number of hydrogen-bond donors (Lipinski definition) is 2. The third-order valence-electron chi connectivity index (χ3n) is 4.06. The van der Waals surface area contributed by atoms with Gasteiger partial charge in [-0.15, -0.1) is 0 Å². The number of nitrogens with one attached hydrogen (secondary N) is 1. The number of H-pyrrole nitrogens is 1. The molecule has 0 fully saturated rings. The minimum atomic E-state index is -1.04. The highest BCUT2D eigenvalue weighted by Crippen LogP contribution is 2.23. The van der Waals surface area contributed by atoms with E-state index < -0.39 is 5.97 Å². The Morgan fingerprint density at radius 2 is 1.96 bits per heavy atom. The molecule has 0 aliphatic carbocycles. The summed E-state index contributed by atoms with van der Waals surface area (Å²) < 4.78 is 6.86. The summed E-state index contributed by atoms with van der Waals surface area (Å²) in [7, 11) is 0. The second-order valence-corrected chi connectivity index (χ2v) is 5.89. The second kappa shape index (κ2) is 6.41. The predicted molar refractivity (Wildman–Crippen MR) is 97.7 cm³/mol. The molecule has 27 heavy (non-hydrogen) atoms. The van der Waals surface area contributed by atoms with Crippen LogP contribution in [0, 0.1) is 6.92 Å². The minimum absolute atomic E-state index is 0.0786. The van der Waals surface area contributed by atoms with Crippen LogP contribution in [0.5, 0.6) is 11.8 Å². The van der Waals surface area contributed by atoms with Crippen molar-refractivity contribution in [2.75, 3.05) is 0 Å². The average Bonchev–Trinajstić information content (AvgIpc) is 3.07. The number of carbonyl (C=O) groups is 1. The zero-order chi connectivity index (χ0) is 19.0. The molecule has 0 aliphatic rings. The molecule has 0 bridgehead atoms. The maximum Gasteiger partial charge on any atom is 0.336 e. The Kier molecular flexibility index (Phi) is 3.92. The van der Waals surface area contributed by atoms with Gasteiger partial charge in [0.2, 0.25) is 0 Å². The number of hydrogen-bond acceptors (Lipinski definition) is 5. The number of aromatic nitrogens is 4. The summed E-state index contributed by atoms with van der Waals surface area (Å²) >= 11 is 0. The van der Waals surface area contributed by atoms with Gasteiger partial charge in [-0.2, -0.15) is 14.8 Å². The fourth-order valence-electron chi connectivity index (χ4n) is 2.70. The van der Waals surface area contributed by atoms with Crippen LogP contribution in [0.1, 0.15) is 15.9 Å². The number of ether oxygens (including phenoxy) is 1. The van der Waals surface area contributed by atoms with E-state index >= 15 is 0 Å². The number of aromatic carboxylic acids is 1.